The first kappa shape index (κ1) is 21.8. The third-order valence-corrected chi connectivity index (χ3v) is 4.72. The molecule has 2 amide bonds. The first-order valence-corrected chi connectivity index (χ1v) is 9.99. The largest absolute Gasteiger partial charge is 0.493 e. The van der Waals surface area contributed by atoms with E-state index in [4.69, 9.17) is 14.7 Å². The van der Waals surface area contributed by atoms with E-state index in [1.54, 1.807) is 54.6 Å². The van der Waals surface area contributed by atoms with Gasteiger partial charge >= 0.3 is 5.97 Å². The number of carboxylic acids is 1. The monoisotopic (exact) mass is 441 g/mol. The molecule has 0 bridgehead atoms. The van der Waals surface area contributed by atoms with Crippen LogP contribution in [0.4, 0.5) is 10.8 Å². The van der Waals surface area contributed by atoms with Crippen LogP contribution in [0.25, 0.3) is 0 Å². The lowest BCUT2D eigenvalue weighted by Gasteiger charge is -2.23. The summed E-state index contributed by atoms with van der Waals surface area (Å²) in [4.78, 5) is 45.8. The van der Waals surface area contributed by atoms with Crippen molar-refractivity contribution in [3.63, 3.8) is 0 Å². The van der Waals surface area contributed by atoms with Crippen molar-refractivity contribution in [2.75, 3.05) is 17.5 Å². The fourth-order valence-corrected chi connectivity index (χ4v) is 3.30. The number of hydroxylamine groups is 1. The summed E-state index contributed by atoms with van der Waals surface area (Å²) < 4.78 is 5.26. The zero-order chi connectivity index (χ0) is 22.2. The van der Waals surface area contributed by atoms with Crippen LogP contribution >= 0.6 is 11.3 Å². The molecule has 10 heteroatoms. The summed E-state index contributed by atoms with van der Waals surface area (Å²) in [6, 6.07) is 15.4. The van der Waals surface area contributed by atoms with Gasteiger partial charge in [-0.15, -0.1) is 16.4 Å². The number of ether oxygens (including phenoxy) is 1. The summed E-state index contributed by atoms with van der Waals surface area (Å²) in [6.07, 6.45) is -0.766. The van der Waals surface area contributed by atoms with Gasteiger partial charge in [-0.1, -0.05) is 30.3 Å². The van der Waals surface area contributed by atoms with Gasteiger partial charge < -0.3 is 20.0 Å². The van der Waals surface area contributed by atoms with Crippen molar-refractivity contribution in [3.05, 3.63) is 65.7 Å². The zero-order valence-electron chi connectivity index (χ0n) is 16.5. The summed E-state index contributed by atoms with van der Waals surface area (Å²) in [7, 11) is 1.48. The molecule has 0 saturated carbocycles. The molecule has 3 aromatic rings. The summed E-state index contributed by atoms with van der Waals surface area (Å²) in [5, 5.41) is 14.1. The molecule has 0 spiro atoms. The first-order valence-electron chi connectivity index (χ1n) is 9.11. The highest BCUT2D eigenvalue weighted by molar-refractivity contribution is 7.13. The fraction of sp³-hybridized carbons (Fsp3) is 0.143. The van der Waals surface area contributed by atoms with E-state index < -0.39 is 24.2 Å². The maximum Gasteiger partial charge on any atom is 0.309 e. The Kier molecular flexibility index (Phi) is 7.17. The zero-order valence-corrected chi connectivity index (χ0v) is 17.3. The molecule has 2 N–H and O–H groups in total. The van der Waals surface area contributed by atoms with Gasteiger partial charge in [0.15, 0.2) is 16.6 Å². The number of aliphatic carboxylic acids is 1. The summed E-state index contributed by atoms with van der Waals surface area (Å²) in [5.41, 5.74) is 0.758. The van der Waals surface area contributed by atoms with Crippen LogP contribution in [-0.2, 0) is 20.8 Å². The molecular formula is C21H19N3O6S. The molecule has 0 aliphatic rings. The number of hydrogen-bond acceptors (Lipinski definition) is 7. The molecule has 0 fully saturated rings. The Balaban J connectivity index is 1.73. The normalized spacial score (nSPS) is 10.2. The number of carbonyl (C=O) groups excluding carboxylic acids is 2. The summed E-state index contributed by atoms with van der Waals surface area (Å²) in [6.45, 7) is 0. The molecule has 9 nitrogen and oxygen atoms in total. The molecule has 1 aromatic heterocycles. The van der Waals surface area contributed by atoms with Crippen molar-refractivity contribution in [1.29, 1.82) is 0 Å². The predicted octanol–water partition coefficient (Wildman–Crippen LogP) is 3.13. The van der Waals surface area contributed by atoms with Crippen LogP contribution in [-0.4, -0.2) is 35.0 Å². The molecule has 1 heterocycles. The number of benzene rings is 2. The highest BCUT2D eigenvalue weighted by Gasteiger charge is 2.23. The van der Waals surface area contributed by atoms with E-state index in [0.717, 1.165) is 16.4 Å². The van der Waals surface area contributed by atoms with E-state index in [-0.39, 0.29) is 11.6 Å². The van der Waals surface area contributed by atoms with E-state index in [0.29, 0.717) is 22.9 Å². The van der Waals surface area contributed by atoms with E-state index >= 15 is 0 Å². The Hall–Kier alpha value is -3.92. The van der Waals surface area contributed by atoms with E-state index in [1.165, 1.54) is 12.5 Å². The molecule has 2 aromatic carbocycles. The number of rotatable bonds is 9. The van der Waals surface area contributed by atoms with Crippen LogP contribution in [0.2, 0.25) is 0 Å². The van der Waals surface area contributed by atoms with Gasteiger partial charge in [0.2, 0.25) is 5.91 Å². The van der Waals surface area contributed by atoms with Gasteiger partial charge in [-0.3, -0.25) is 14.4 Å². The van der Waals surface area contributed by atoms with Crippen LogP contribution in [0.5, 0.6) is 11.5 Å². The second-order valence-corrected chi connectivity index (χ2v) is 7.06. The SMILES string of the molecule is COc1ccccc1ON(C(=O)CC(=O)Nc1nc(CC(=O)O)cs1)c1ccccc1. The van der Waals surface area contributed by atoms with Crippen molar-refractivity contribution in [3.8, 4) is 11.5 Å². The second-order valence-electron chi connectivity index (χ2n) is 6.21. The van der Waals surface area contributed by atoms with E-state index in [9.17, 15) is 14.4 Å². The molecular weight excluding hydrogens is 422 g/mol. The van der Waals surface area contributed by atoms with Crippen molar-refractivity contribution in [1.82, 2.24) is 4.98 Å². The van der Waals surface area contributed by atoms with Crippen LogP contribution < -0.4 is 20.0 Å². The smallest absolute Gasteiger partial charge is 0.309 e. The number of anilines is 2. The highest BCUT2D eigenvalue weighted by Crippen LogP contribution is 2.29. The number of amides is 2. The second kappa shape index (κ2) is 10.2. The van der Waals surface area contributed by atoms with Crippen molar-refractivity contribution in [2.45, 2.75) is 12.8 Å². The predicted molar refractivity (Wildman–Crippen MR) is 114 cm³/mol. The summed E-state index contributed by atoms with van der Waals surface area (Å²) in [5.74, 6) is -1.51. The average Bonchev–Trinajstić information content (AvgIpc) is 3.18. The molecule has 0 atom stereocenters. The molecule has 160 valence electrons. The Labute approximate surface area is 181 Å². The number of carbonyl (C=O) groups is 3. The van der Waals surface area contributed by atoms with E-state index in [2.05, 4.69) is 10.3 Å². The number of hydrogen-bond donors (Lipinski definition) is 2. The number of para-hydroxylation sites is 3. The van der Waals surface area contributed by atoms with Gasteiger partial charge in [-0.25, -0.2) is 4.98 Å². The van der Waals surface area contributed by atoms with Gasteiger partial charge in [0.05, 0.1) is 24.9 Å². The van der Waals surface area contributed by atoms with Gasteiger partial charge in [-0.2, -0.15) is 0 Å². The number of nitrogens with one attached hydrogen (secondary N) is 1. The minimum atomic E-state index is -1.02. The van der Waals surface area contributed by atoms with Gasteiger partial charge in [-0.05, 0) is 24.3 Å². The first-order chi connectivity index (χ1) is 15.0. The van der Waals surface area contributed by atoms with Crippen LogP contribution in [0.1, 0.15) is 12.1 Å². The standard InChI is InChI=1S/C21H19N3O6S/c1-29-16-9-5-6-10-17(16)30-24(15-7-3-2-4-8-15)19(26)12-18(25)23-21-22-14(13-31-21)11-20(27)28/h2-10,13H,11-12H2,1H3,(H,27,28)(H,22,23,25). The van der Waals surface area contributed by atoms with Gasteiger partial charge in [0, 0.05) is 5.38 Å². The molecule has 0 saturated heterocycles. The van der Waals surface area contributed by atoms with Gasteiger partial charge in [0.25, 0.3) is 5.91 Å². The molecule has 3 rings (SSSR count). The third-order valence-electron chi connectivity index (χ3n) is 3.92. The summed E-state index contributed by atoms with van der Waals surface area (Å²) >= 11 is 1.08. The van der Waals surface area contributed by atoms with Crippen LogP contribution in [0.15, 0.2) is 60.0 Å². The van der Waals surface area contributed by atoms with Crippen molar-refractivity contribution in [2.24, 2.45) is 0 Å². The van der Waals surface area contributed by atoms with Crippen LogP contribution in [0, 0.1) is 0 Å². The Bertz CT molecular complexity index is 1070. The van der Waals surface area contributed by atoms with Crippen molar-refractivity contribution >= 4 is 39.9 Å². The quantitative estimate of drug-likeness (QED) is 0.387. The molecule has 0 unspecified atom stereocenters. The number of nitrogens with zero attached hydrogens (tertiary/aromatic N) is 2. The Morgan fingerprint density at radius 2 is 1.74 bits per heavy atom. The maximum absolute atomic E-state index is 12.9. The minimum absolute atomic E-state index is 0.214. The molecule has 31 heavy (non-hydrogen) atoms. The Morgan fingerprint density at radius 1 is 1.06 bits per heavy atom. The third kappa shape index (κ3) is 6.03. The van der Waals surface area contributed by atoms with Gasteiger partial charge in [0.1, 0.15) is 6.42 Å². The number of thiazole rings is 1. The molecule has 0 aliphatic heterocycles. The number of aromatic nitrogens is 1. The molecule has 0 radical (unpaired) electrons. The number of carboxylic acid groups (broad SMARTS) is 1. The van der Waals surface area contributed by atoms with Crippen LogP contribution in [0.3, 0.4) is 0 Å². The fourth-order valence-electron chi connectivity index (χ4n) is 2.58. The van der Waals surface area contributed by atoms with E-state index in [1.807, 2.05) is 0 Å². The Morgan fingerprint density at radius 3 is 2.42 bits per heavy atom. The minimum Gasteiger partial charge on any atom is -0.493 e. The lowest BCUT2D eigenvalue weighted by molar-refractivity contribution is -0.136. The lowest BCUT2D eigenvalue weighted by Crippen LogP contribution is -2.36. The maximum atomic E-state index is 12.9. The topological polar surface area (TPSA) is 118 Å². The molecule has 0 aliphatic carbocycles. The lowest BCUT2D eigenvalue weighted by atomic mass is 10.3. The van der Waals surface area contributed by atoms with Crippen molar-refractivity contribution < 1.29 is 29.1 Å². The average molecular weight is 441 g/mol. The number of methoxy groups -OCH3 is 1. The highest BCUT2D eigenvalue weighted by atomic mass is 32.1.